The van der Waals surface area contributed by atoms with Crippen LogP contribution in [0.5, 0.6) is 0 Å². The molecule has 20 heavy (non-hydrogen) atoms. The molecule has 0 bridgehead atoms. The van der Waals surface area contributed by atoms with Gasteiger partial charge in [0.05, 0.1) is 6.61 Å². The number of nitrogens with one attached hydrogen (secondary N) is 1. The highest BCUT2D eigenvalue weighted by Gasteiger charge is 1.98. The molecule has 0 aliphatic rings. The van der Waals surface area contributed by atoms with Crippen molar-refractivity contribution in [3.8, 4) is 0 Å². The molecule has 1 aromatic carbocycles. The second-order valence-corrected chi connectivity index (χ2v) is 4.83. The zero-order valence-electron chi connectivity index (χ0n) is 12.1. The average molecular weight is 273 g/mol. The Hall–Kier alpha value is -1.65. The summed E-state index contributed by atoms with van der Waals surface area (Å²) in [5.74, 6) is 1.08. The molecule has 2 aromatic rings. The Kier molecular flexibility index (Phi) is 6.27. The maximum Gasteiger partial charge on any atom is 0.110 e. The summed E-state index contributed by atoms with van der Waals surface area (Å²) < 4.78 is 7.65. The molecule has 0 fully saturated rings. The van der Waals surface area contributed by atoms with E-state index in [0.29, 0.717) is 0 Å². The highest BCUT2D eigenvalue weighted by molar-refractivity contribution is 5.14. The summed E-state index contributed by atoms with van der Waals surface area (Å²) in [7, 11) is 2.01. The van der Waals surface area contributed by atoms with E-state index in [4.69, 9.17) is 4.74 Å². The first-order valence-corrected chi connectivity index (χ1v) is 7.15. The van der Waals surface area contributed by atoms with Crippen LogP contribution in [-0.2, 0) is 24.8 Å². The predicted molar refractivity (Wildman–Crippen MR) is 80.5 cm³/mol. The van der Waals surface area contributed by atoms with Gasteiger partial charge in [-0.25, -0.2) is 4.98 Å². The second kappa shape index (κ2) is 8.51. The molecule has 0 unspecified atom stereocenters. The summed E-state index contributed by atoms with van der Waals surface area (Å²) in [5.41, 5.74) is 1.32. The lowest BCUT2D eigenvalue weighted by atomic mass is 10.2. The van der Waals surface area contributed by atoms with Crippen LogP contribution in [0.4, 0.5) is 0 Å². The van der Waals surface area contributed by atoms with Crippen molar-refractivity contribution in [3.05, 3.63) is 54.1 Å². The van der Waals surface area contributed by atoms with Crippen LogP contribution in [0, 0.1) is 0 Å². The molecule has 0 aliphatic heterocycles. The van der Waals surface area contributed by atoms with E-state index in [1.54, 1.807) is 0 Å². The molecule has 4 heteroatoms. The standard InChI is InChI=1S/C16H23N3O/c1-19-11-10-18-16(19)8-13-20-12-5-9-17-14-15-6-3-2-4-7-15/h2-4,6-7,10-11,17H,5,8-9,12-14H2,1H3. The van der Waals surface area contributed by atoms with Crippen molar-refractivity contribution < 1.29 is 4.74 Å². The smallest absolute Gasteiger partial charge is 0.110 e. The summed E-state index contributed by atoms with van der Waals surface area (Å²) in [4.78, 5) is 4.27. The molecular formula is C16H23N3O. The zero-order valence-corrected chi connectivity index (χ0v) is 12.1. The van der Waals surface area contributed by atoms with Gasteiger partial charge in [-0.1, -0.05) is 30.3 Å². The van der Waals surface area contributed by atoms with E-state index in [-0.39, 0.29) is 0 Å². The summed E-state index contributed by atoms with van der Waals surface area (Å²) >= 11 is 0. The first-order valence-electron chi connectivity index (χ1n) is 7.15. The Morgan fingerprint density at radius 1 is 1.20 bits per heavy atom. The predicted octanol–water partition coefficient (Wildman–Crippen LogP) is 2.16. The first kappa shape index (κ1) is 14.8. The highest BCUT2D eigenvalue weighted by Crippen LogP contribution is 1.98. The molecular weight excluding hydrogens is 250 g/mol. The number of aryl methyl sites for hydroxylation is 1. The largest absolute Gasteiger partial charge is 0.381 e. The number of aromatic nitrogens is 2. The van der Waals surface area contributed by atoms with Gasteiger partial charge in [-0.3, -0.25) is 0 Å². The Labute approximate surface area is 120 Å². The van der Waals surface area contributed by atoms with Crippen LogP contribution >= 0.6 is 0 Å². The molecule has 0 radical (unpaired) electrons. The maximum atomic E-state index is 5.62. The van der Waals surface area contributed by atoms with Crippen LogP contribution in [0.1, 0.15) is 17.8 Å². The van der Waals surface area contributed by atoms with Gasteiger partial charge in [0, 0.05) is 39.0 Å². The van der Waals surface area contributed by atoms with Crippen LogP contribution in [0.15, 0.2) is 42.7 Å². The lowest BCUT2D eigenvalue weighted by molar-refractivity contribution is 0.133. The van der Waals surface area contributed by atoms with Crippen LogP contribution < -0.4 is 5.32 Å². The topological polar surface area (TPSA) is 39.1 Å². The SMILES string of the molecule is Cn1ccnc1CCOCCCNCc1ccccc1. The molecule has 0 amide bonds. The lowest BCUT2D eigenvalue weighted by Crippen LogP contribution is -2.16. The molecule has 4 nitrogen and oxygen atoms in total. The van der Waals surface area contributed by atoms with Gasteiger partial charge in [-0.05, 0) is 18.5 Å². The fourth-order valence-corrected chi connectivity index (χ4v) is 2.03. The summed E-state index contributed by atoms with van der Waals surface area (Å²) in [6.45, 7) is 3.45. The van der Waals surface area contributed by atoms with Gasteiger partial charge in [0.1, 0.15) is 5.82 Å². The van der Waals surface area contributed by atoms with E-state index in [9.17, 15) is 0 Å². The molecule has 1 heterocycles. The van der Waals surface area contributed by atoms with Gasteiger partial charge >= 0.3 is 0 Å². The molecule has 0 aliphatic carbocycles. The normalized spacial score (nSPS) is 10.8. The van der Waals surface area contributed by atoms with Crippen molar-refractivity contribution in [1.82, 2.24) is 14.9 Å². The number of ether oxygens (including phenoxy) is 1. The van der Waals surface area contributed by atoms with E-state index < -0.39 is 0 Å². The summed E-state index contributed by atoms with van der Waals surface area (Å²) in [5, 5.41) is 3.42. The molecule has 1 N–H and O–H groups in total. The van der Waals surface area contributed by atoms with E-state index >= 15 is 0 Å². The van der Waals surface area contributed by atoms with Crippen molar-refractivity contribution in [2.75, 3.05) is 19.8 Å². The summed E-state index contributed by atoms with van der Waals surface area (Å²) in [6.07, 6.45) is 5.69. The minimum absolute atomic E-state index is 0.740. The van der Waals surface area contributed by atoms with Crippen molar-refractivity contribution in [2.24, 2.45) is 7.05 Å². The van der Waals surface area contributed by atoms with Crippen LogP contribution in [0.3, 0.4) is 0 Å². The minimum atomic E-state index is 0.740. The van der Waals surface area contributed by atoms with Gasteiger partial charge in [-0.15, -0.1) is 0 Å². The maximum absolute atomic E-state index is 5.62. The van der Waals surface area contributed by atoms with Gasteiger partial charge in [0.2, 0.25) is 0 Å². The van der Waals surface area contributed by atoms with Crippen molar-refractivity contribution in [3.63, 3.8) is 0 Å². The third-order valence-corrected chi connectivity index (χ3v) is 3.21. The second-order valence-electron chi connectivity index (χ2n) is 4.83. The number of nitrogens with zero attached hydrogens (tertiary/aromatic N) is 2. The molecule has 0 saturated heterocycles. The number of rotatable bonds is 9. The first-order chi connectivity index (χ1) is 9.86. The van der Waals surface area contributed by atoms with E-state index in [1.165, 1.54) is 5.56 Å². The highest BCUT2D eigenvalue weighted by atomic mass is 16.5. The van der Waals surface area contributed by atoms with Gasteiger partial charge in [0.25, 0.3) is 0 Å². The lowest BCUT2D eigenvalue weighted by Gasteiger charge is -2.06. The molecule has 1 aromatic heterocycles. The fraction of sp³-hybridized carbons (Fsp3) is 0.438. The van der Waals surface area contributed by atoms with E-state index in [2.05, 4.69) is 34.6 Å². The Bertz CT molecular complexity index is 481. The third-order valence-electron chi connectivity index (χ3n) is 3.21. The monoisotopic (exact) mass is 273 g/mol. The number of benzene rings is 1. The quantitative estimate of drug-likeness (QED) is 0.712. The third kappa shape index (κ3) is 5.15. The molecule has 0 atom stereocenters. The van der Waals surface area contributed by atoms with Gasteiger partial charge < -0.3 is 14.6 Å². The zero-order chi connectivity index (χ0) is 14.0. The van der Waals surface area contributed by atoms with Gasteiger partial charge in [0.15, 0.2) is 0 Å². The van der Waals surface area contributed by atoms with Crippen LogP contribution in [0.25, 0.3) is 0 Å². The number of hydrogen-bond acceptors (Lipinski definition) is 3. The molecule has 108 valence electrons. The molecule has 0 spiro atoms. The Balaban J connectivity index is 1.45. The van der Waals surface area contributed by atoms with E-state index in [0.717, 1.165) is 45.0 Å². The van der Waals surface area contributed by atoms with Crippen molar-refractivity contribution >= 4 is 0 Å². The van der Waals surface area contributed by atoms with Crippen molar-refractivity contribution in [1.29, 1.82) is 0 Å². The minimum Gasteiger partial charge on any atom is -0.381 e. The van der Waals surface area contributed by atoms with Crippen LogP contribution in [0.2, 0.25) is 0 Å². The Morgan fingerprint density at radius 3 is 2.80 bits per heavy atom. The summed E-state index contributed by atoms with van der Waals surface area (Å²) in [6, 6.07) is 10.4. The fourth-order valence-electron chi connectivity index (χ4n) is 2.03. The Morgan fingerprint density at radius 2 is 2.05 bits per heavy atom. The van der Waals surface area contributed by atoms with Crippen LogP contribution in [-0.4, -0.2) is 29.3 Å². The number of imidazole rings is 1. The molecule has 2 rings (SSSR count). The van der Waals surface area contributed by atoms with Crippen molar-refractivity contribution in [2.45, 2.75) is 19.4 Å². The van der Waals surface area contributed by atoms with E-state index in [1.807, 2.05) is 30.1 Å². The number of hydrogen-bond donors (Lipinski definition) is 1. The van der Waals surface area contributed by atoms with Gasteiger partial charge in [-0.2, -0.15) is 0 Å². The average Bonchev–Trinajstić information content (AvgIpc) is 2.88. The molecule has 0 saturated carbocycles.